The second-order valence-electron chi connectivity index (χ2n) is 7.44. The average molecular weight is 529 g/mol. The Bertz CT molecular complexity index is 1380. The Labute approximate surface area is 208 Å². The van der Waals surface area contributed by atoms with Crippen LogP contribution in [-0.4, -0.2) is 15.0 Å². The molecule has 0 spiro atoms. The van der Waals surface area contributed by atoms with Crippen molar-refractivity contribution >= 4 is 40.6 Å². The molecule has 3 rings (SSSR count). The van der Waals surface area contributed by atoms with E-state index in [0.29, 0.717) is 5.02 Å². The molecule has 35 heavy (non-hydrogen) atoms. The van der Waals surface area contributed by atoms with Gasteiger partial charge in [-0.25, -0.2) is 4.79 Å². The Kier molecular flexibility index (Phi) is 7.97. The highest BCUT2D eigenvalue weighted by atomic mass is 35.5. The maximum absolute atomic E-state index is 13.2. The number of aliphatic imine (C=N–C) groups is 1. The SMILES string of the molecule is CCn1c(=O)c(NCc2ccc(Cl)cc2)c(N=C(C)Oc2ccc(Cl)c(C(F)(F)F)c2)n(C)c1=O. The molecule has 0 saturated carbocycles. The average Bonchev–Trinajstić information content (AvgIpc) is 2.79. The summed E-state index contributed by atoms with van der Waals surface area (Å²) >= 11 is 11.6. The number of rotatable bonds is 6. The number of halogens is 5. The first-order valence-corrected chi connectivity index (χ1v) is 11.1. The monoisotopic (exact) mass is 528 g/mol. The van der Waals surface area contributed by atoms with Crippen LogP contribution in [0.3, 0.4) is 0 Å². The molecule has 1 aromatic heterocycles. The molecular formula is C23H21Cl2F3N4O3. The molecule has 0 aliphatic heterocycles. The van der Waals surface area contributed by atoms with Crippen molar-refractivity contribution in [1.82, 2.24) is 9.13 Å². The first-order valence-electron chi connectivity index (χ1n) is 10.3. The van der Waals surface area contributed by atoms with Crippen LogP contribution in [0.15, 0.2) is 57.0 Å². The molecule has 1 heterocycles. The van der Waals surface area contributed by atoms with E-state index in [9.17, 15) is 22.8 Å². The van der Waals surface area contributed by atoms with Crippen LogP contribution in [0.1, 0.15) is 25.0 Å². The summed E-state index contributed by atoms with van der Waals surface area (Å²) in [7, 11) is 1.43. The smallest absolute Gasteiger partial charge is 0.417 e. The molecule has 0 atom stereocenters. The van der Waals surface area contributed by atoms with Gasteiger partial charge in [-0.2, -0.15) is 18.2 Å². The van der Waals surface area contributed by atoms with Gasteiger partial charge in [-0.15, -0.1) is 0 Å². The third-order valence-electron chi connectivity index (χ3n) is 4.99. The molecule has 0 aliphatic carbocycles. The third-order valence-corrected chi connectivity index (χ3v) is 5.57. The standard InChI is InChI=1S/C23H21Cl2F3N4O3/c1-4-32-21(33)19(29-12-14-5-7-15(24)8-6-14)20(31(3)22(32)34)30-13(2)35-16-9-10-18(25)17(11-16)23(26,27)28/h5-11,29H,4,12H2,1-3H3. The van der Waals surface area contributed by atoms with Gasteiger partial charge in [-0.1, -0.05) is 35.3 Å². The summed E-state index contributed by atoms with van der Waals surface area (Å²) in [6, 6.07) is 9.99. The normalized spacial score (nSPS) is 12.1. The fourth-order valence-corrected chi connectivity index (χ4v) is 3.59. The number of alkyl halides is 3. The van der Waals surface area contributed by atoms with E-state index in [2.05, 4.69) is 10.3 Å². The van der Waals surface area contributed by atoms with Gasteiger partial charge in [0.25, 0.3) is 5.56 Å². The molecule has 0 unspecified atom stereocenters. The summed E-state index contributed by atoms with van der Waals surface area (Å²) in [5.74, 6) is -0.301. The number of ether oxygens (including phenoxy) is 1. The Morgan fingerprint density at radius 2 is 1.77 bits per heavy atom. The van der Waals surface area contributed by atoms with Crippen LogP contribution in [0.2, 0.25) is 10.0 Å². The maximum Gasteiger partial charge on any atom is 0.417 e. The molecule has 0 aliphatic rings. The van der Waals surface area contributed by atoms with Crippen LogP contribution in [0.4, 0.5) is 24.7 Å². The Morgan fingerprint density at radius 1 is 1.11 bits per heavy atom. The van der Waals surface area contributed by atoms with Crippen LogP contribution in [0.25, 0.3) is 0 Å². The molecular weight excluding hydrogens is 508 g/mol. The number of nitrogens with one attached hydrogen (secondary N) is 1. The summed E-state index contributed by atoms with van der Waals surface area (Å²) in [6.45, 7) is 3.40. The van der Waals surface area contributed by atoms with E-state index in [0.717, 1.165) is 26.8 Å². The lowest BCUT2D eigenvalue weighted by atomic mass is 10.2. The van der Waals surface area contributed by atoms with E-state index in [4.69, 9.17) is 27.9 Å². The number of benzene rings is 2. The van der Waals surface area contributed by atoms with Crippen LogP contribution < -0.4 is 21.3 Å². The van der Waals surface area contributed by atoms with E-state index in [1.165, 1.54) is 20.0 Å². The third kappa shape index (κ3) is 6.07. The van der Waals surface area contributed by atoms with Gasteiger partial charge in [0.2, 0.25) is 0 Å². The van der Waals surface area contributed by atoms with Gasteiger partial charge in [-0.3, -0.25) is 13.9 Å². The predicted octanol–water partition coefficient (Wildman–Crippen LogP) is 5.63. The van der Waals surface area contributed by atoms with Gasteiger partial charge in [-0.05, 0) is 42.8 Å². The lowest BCUT2D eigenvalue weighted by Crippen LogP contribution is -2.39. The number of hydrogen-bond donors (Lipinski definition) is 1. The molecule has 0 saturated heterocycles. The topological polar surface area (TPSA) is 77.6 Å². The Morgan fingerprint density at radius 3 is 2.37 bits per heavy atom. The lowest BCUT2D eigenvalue weighted by Gasteiger charge is -2.16. The van der Waals surface area contributed by atoms with Gasteiger partial charge in [0.1, 0.15) is 11.4 Å². The van der Waals surface area contributed by atoms with E-state index < -0.39 is 28.0 Å². The number of anilines is 1. The van der Waals surface area contributed by atoms with E-state index in [-0.39, 0.29) is 36.2 Å². The second kappa shape index (κ2) is 10.6. The van der Waals surface area contributed by atoms with Gasteiger partial charge >= 0.3 is 11.9 Å². The summed E-state index contributed by atoms with van der Waals surface area (Å²) in [6.07, 6.45) is -4.67. The Balaban J connectivity index is 2.02. The zero-order chi connectivity index (χ0) is 25.9. The molecule has 0 radical (unpaired) electrons. The molecule has 3 aromatic rings. The maximum atomic E-state index is 13.2. The fourth-order valence-electron chi connectivity index (χ4n) is 3.24. The van der Waals surface area contributed by atoms with Crippen LogP contribution in [0, 0.1) is 0 Å². The zero-order valence-corrected chi connectivity index (χ0v) is 20.4. The summed E-state index contributed by atoms with van der Waals surface area (Å²) in [5.41, 5.74) is -1.42. The van der Waals surface area contributed by atoms with E-state index in [1.807, 2.05) is 0 Å². The molecule has 2 aromatic carbocycles. The van der Waals surface area contributed by atoms with E-state index >= 15 is 0 Å². The van der Waals surface area contributed by atoms with Crippen LogP contribution in [-0.2, 0) is 26.3 Å². The zero-order valence-electron chi connectivity index (χ0n) is 18.9. The van der Waals surface area contributed by atoms with Crippen molar-refractivity contribution in [2.24, 2.45) is 12.0 Å². The van der Waals surface area contributed by atoms with Crippen molar-refractivity contribution in [2.45, 2.75) is 33.1 Å². The largest absolute Gasteiger partial charge is 0.443 e. The van der Waals surface area contributed by atoms with Crippen molar-refractivity contribution < 1.29 is 17.9 Å². The molecule has 186 valence electrons. The Hall–Kier alpha value is -3.24. The first-order chi connectivity index (χ1) is 16.4. The molecule has 0 fully saturated rings. The summed E-state index contributed by atoms with van der Waals surface area (Å²) < 4.78 is 47.1. The molecule has 1 N–H and O–H groups in total. The van der Waals surface area contributed by atoms with E-state index in [1.54, 1.807) is 31.2 Å². The van der Waals surface area contributed by atoms with Crippen molar-refractivity contribution in [3.05, 3.63) is 84.5 Å². The second-order valence-corrected chi connectivity index (χ2v) is 8.29. The summed E-state index contributed by atoms with van der Waals surface area (Å²) in [5, 5.41) is 3.08. The minimum absolute atomic E-state index is 0.0268. The number of nitrogens with zero attached hydrogens (tertiary/aromatic N) is 3. The summed E-state index contributed by atoms with van der Waals surface area (Å²) in [4.78, 5) is 29.9. The highest BCUT2D eigenvalue weighted by Crippen LogP contribution is 2.36. The van der Waals surface area contributed by atoms with Crippen molar-refractivity contribution in [3.8, 4) is 5.75 Å². The van der Waals surface area contributed by atoms with Crippen molar-refractivity contribution in [2.75, 3.05) is 5.32 Å². The highest BCUT2D eigenvalue weighted by molar-refractivity contribution is 6.31. The van der Waals surface area contributed by atoms with Gasteiger partial charge in [0.05, 0.1) is 10.6 Å². The molecule has 12 heteroatoms. The lowest BCUT2D eigenvalue weighted by molar-refractivity contribution is -0.137. The van der Waals surface area contributed by atoms with Crippen molar-refractivity contribution in [1.29, 1.82) is 0 Å². The van der Waals surface area contributed by atoms with Crippen LogP contribution in [0.5, 0.6) is 5.75 Å². The highest BCUT2D eigenvalue weighted by Gasteiger charge is 2.33. The fraction of sp³-hybridized carbons (Fsp3) is 0.261. The van der Waals surface area contributed by atoms with Gasteiger partial charge in [0.15, 0.2) is 11.7 Å². The quantitative estimate of drug-likeness (QED) is 0.332. The van der Waals surface area contributed by atoms with Crippen molar-refractivity contribution in [3.63, 3.8) is 0 Å². The minimum Gasteiger partial charge on any atom is -0.443 e. The molecule has 0 bridgehead atoms. The first kappa shape index (κ1) is 26.4. The predicted molar refractivity (Wildman–Crippen MR) is 130 cm³/mol. The molecule has 7 nitrogen and oxygen atoms in total. The number of hydrogen-bond acceptors (Lipinski definition) is 5. The minimum atomic E-state index is -4.67. The van der Waals surface area contributed by atoms with Gasteiger partial charge < -0.3 is 10.1 Å². The molecule has 0 amide bonds. The van der Waals surface area contributed by atoms with Crippen LogP contribution >= 0.6 is 23.2 Å². The van der Waals surface area contributed by atoms with Gasteiger partial charge in [0, 0.05) is 32.1 Å². The number of aromatic nitrogens is 2.